The van der Waals surface area contributed by atoms with Crippen LogP contribution in [0.15, 0.2) is 39.5 Å². The van der Waals surface area contributed by atoms with Crippen LogP contribution in [0.25, 0.3) is 0 Å². The first-order valence-corrected chi connectivity index (χ1v) is 11.4. The van der Waals surface area contributed by atoms with Crippen LogP contribution in [-0.2, 0) is 4.79 Å². The molecule has 5 atom stereocenters. The number of nitrogens with one attached hydrogen (secondary N) is 1. The number of carbonyl (C=O) groups excluding carboxylic acids is 1. The fraction of sp³-hybridized carbons (Fsp3) is 0.565. The van der Waals surface area contributed by atoms with Gasteiger partial charge in [0.2, 0.25) is 5.91 Å². The molecule has 1 saturated heterocycles. The van der Waals surface area contributed by atoms with Gasteiger partial charge < -0.3 is 21.1 Å². The second kappa shape index (κ2) is 9.58. The second-order valence-electron chi connectivity index (χ2n) is 8.57. The predicted octanol–water partition coefficient (Wildman–Crippen LogP) is 1.02. The van der Waals surface area contributed by atoms with E-state index in [9.17, 15) is 9.90 Å². The van der Waals surface area contributed by atoms with Crippen LogP contribution in [0.3, 0.4) is 0 Å². The molecule has 2 aliphatic heterocycles. The smallest absolute Gasteiger partial charge is 0.227 e. The molecule has 0 aromatic carbocycles. The van der Waals surface area contributed by atoms with E-state index in [1.807, 2.05) is 11.0 Å². The van der Waals surface area contributed by atoms with Crippen LogP contribution in [-0.4, -0.2) is 72.1 Å². The summed E-state index contributed by atoms with van der Waals surface area (Å²) in [6, 6.07) is 0. The second-order valence-corrected chi connectivity index (χ2v) is 9.00. The number of rotatable bonds is 5. The van der Waals surface area contributed by atoms with E-state index in [2.05, 4.69) is 34.0 Å². The molecule has 7 nitrogen and oxygen atoms in total. The summed E-state index contributed by atoms with van der Waals surface area (Å²) in [6.07, 6.45) is 7.91. The molecule has 4 aliphatic rings. The number of halogens is 1. The molecule has 31 heavy (non-hydrogen) atoms. The van der Waals surface area contributed by atoms with Crippen molar-refractivity contribution >= 4 is 23.8 Å². The average Bonchev–Trinajstić information content (AvgIpc) is 2.93. The van der Waals surface area contributed by atoms with E-state index in [1.54, 1.807) is 18.5 Å². The molecular formula is C23H30ClN5O2. The van der Waals surface area contributed by atoms with Crippen molar-refractivity contribution in [2.24, 2.45) is 28.5 Å². The molecule has 8 heteroatoms. The number of hydrogen-bond acceptors (Lipinski definition) is 6. The lowest BCUT2D eigenvalue weighted by molar-refractivity contribution is -0.138. The van der Waals surface area contributed by atoms with E-state index in [0.29, 0.717) is 37.5 Å². The van der Waals surface area contributed by atoms with Crippen molar-refractivity contribution < 1.29 is 9.90 Å². The fourth-order valence-corrected chi connectivity index (χ4v) is 5.09. The third kappa shape index (κ3) is 4.58. The zero-order valence-corrected chi connectivity index (χ0v) is 18.6. The minimum Gasteiger partial charge on any atom is -0.387 e. The molecule has 0 spiro atoms. The molecule has 1 amide bonds. The Morgan fingerprint density at radius 2 is 2.19 bits per heavy atom. The summed E-state index contributed by atoms with van der Waals surface area (Å²) < 4.78 is 0. The lowest BCUT2D eigenvalue weighted by Gasteiger charge is -2.42. The quantitative estimate of drug-likeness (QED) is 0.551. The summed E-state index contributed by atoms with van der Waals surface area (Å²) in [4.78, 5) is 22.0. The number of nitrogens with zero attached hydrogens (tertiary/aromatic N) is 3. The standard InChI is InChI=1S/C23H30ClN5O2/c1-15-13-19(30)21-20(15)22(27-14-26-21)28-9-11-29(12-10-28)23(31)18(7-8-25)16-3-2-4-17(24)6-5-16/h4-6,14-16,18-19,22,30H,7-13,25H2,1H3,(H,26,27)/t15?,16?,18-,19-,22?/m1/s1. The number of allylic oxidation sites excluding steroid dienone is 4. The third-order valence-electron chi connectivity index (χ3n) is 6.59. The molecule has 4 rings (SSSR count). The van der Waals surface area contributed by atoms with Gasteiger partial charge >= 0.3 is 0 Å². The number of piperazine rings is 1. The van der Waals surface area contributed by atoms with E-state index in [1.165, 1.54) is 5.57 Å². The van der Waals surface area contributed by atoms with Crippen molar-refractivity contribution in [2.45, 2.75) is 32.0 Å². The first kappa shape index (κ1) is 22.1. The van der Waals surface area contributed by atoms with E-state index < -0.39 is 6.10 Å². The van der Waals surface area contributed by atoms with Gasteiger partial charge in [0.1, 0.15) is 6.17 Å². The number of hydrogen-bond donors (Lipinski definition) is 3. The van der Waals surface area contributed by atoms with Crippen LogP contribution in [0.1, 0.15) is 19.8 Å². The SMILES string of the molecule is CC1C[C@@H](O)C2=C1C(N1CCN(C(=O)[C@H](CCN)C3C#CC=C(Cl)C=C3)CC1)NC=N2. The molecule has 0 saturated carbocycles. The first-order valence-electron chi connectivity index (χ1n) is 11.0. The maximum atomic E-state index is 13.4. The van der Waals surface area contributed by atoms with Gasteiger partial charge in [-0.25, -0.2) is 4.99 Å². The maximum absolute atomic E-state index is 13.4. The van der Waals surface area contributed by atoms with E-state index in [0.717, 1.165) is 18.8 Å². The molecule has 0 aromatic heterocycles. The van der Waals surface area contributed by atoms with Gasteiger partial charge in [0.05, 0.1) is 30.0 Å². The average molecular weight is 444 g/mol. The Bertz CT molecular complexity index is 891. The monoisotopic (exact) mass is 443 g/mol. The molecule has 0 aromatic rings. The van der Waals surface area contributed by atoms with Crippen molar-refractivity contribution in [2.75, 3.05) is 32.7 Å². The fourth-order valence-electron chi connectivity index (χ4n) is 4.96. The maximum Gasteiger partial charge on any atom is 0.227 e. The van der Waals surface area contributed by atoms with Crippen molar-refractivity contribution in [1.29, 1.82) is 0 Å². The van der Waals surface area contributed by atoms with Gasteiger partial charge in [-0.05, 0) is 37.0 Å². The lowest BCUT2D eigenvalue weighted by atomic mass is 9.88. The van der Waals surface area contributed by atoms with Crippen LogP contribution < -0.4 is 11.1 Å². The molecule has 2 aliphatic carbocycles. The number of aliphatic hydroxyl groups is 1. The molecule has 0 radical (unpaired) electrons. The summed E-state index contributed by atoms with van der Waals surface area (Å²) in [5.41, 5.74) is 7.82. The van der Waals surface area contributed by atoms with Crippen LogP contribution in [0.4, 0.5) is 0 Å². The van der Waals surface area contributed by atoms with Crippen LogP contribution in [0.5, 0.6) is 0 Å². The van der Waals surface area contributed by atoms with Crippen molar-refractivity contribution in [3.8, 4) is 11.8 Å². The van der Waals surface area contributed by atoms with Crippen LogP contribution in [0, 0.1) is 29.6 Å². The van der Waals surface area contributed by atoms with E-state index >= 15 is 0 Å². The Morgan fingerprint density at radius 3 is 2.94 bits per heavy atom. The Morgan fingerprint density at radius 1 is 1.42 bits per heavy atom. The predicted molar refractivity (Wildman–Crippen MR) is 122 cm³/mol. The molecule has 2 heterocycles. The number of aliphatic hydroxyl groups excluding tert-OH is 1. The van der Waals surface area contributed by atoms with Crippen LogP contribution in [0.2, 0.25) is 0 Å². The van der Waals surface area contributed by atoms with Gasteiger partial charge in [0, 0.05) is 37.3 Å². The van der Waals surface area contributed by atoms with E-state index in [4.69, 9.17) is 17.3 Å². The summed E-state index contributed by atoms with van der Waals surface area (Å²) >= 11 is 6.06. The molecule has 1 fully saturated rings. The number of aliphatic imine (C=N–C) groups is 1. The number of amides is 1. The summed E-state index contributed by atoms with van der Waals surface area (Å²) in [7, 11) is 0. The summed E-state index contributed by atoms with van der Waals surface area (Å²) in [6.45, 7) is 5.39. The minimum atomic E-state index is -0.484. The number of nitrogens with two attached hydrogens (primary N) is 1. The highest BCUT2D eigenvalue weighted by molar-refractivity contribution is 6.31. The Kier molecular flexibility index (Phi) is 6.83. The van der Waals surface area contributed by atoms with Crippen molar-refractivity contribution in [3.63, 3.8) is 0 Å². The molecule has 166 valence electrons. The summed E-state index contributed by atoms with van der Waals surface area (Å²) in [5.74, 6) is 6.03. The van der Waals surface area contributed by atoms with Crippen molar-refractivity contribution in [1.82, 2.24) is 15.1 Å². The molecule has 4 N–H and O–H groups in total. The Balaban J connectivity index is 1.41. The topological polar surface area (TPSA) is 94.2 Å². The van der Waals surface area contributed by atoms with Gasteiger partial charge in [0.15, 0.2) is 0 Å². The van der Waals surface area contributed by atoms with Crippen molar-refractivity contribution in [3.05, 3.63) is 34.5 Å². The zero-order valence-electron chi connectivity index (χ0n) is 17.8. The molecule has 0 bridgehead atoms. The first-order chi connectivity index (χ1) is 15.0. The third-order valence-corrected chi connectivity index (χ3v) is 6.83. The van der Waals surface area contributed by atoms with Crippen LogP contribution >= 0.6 is 11.6 Å². The Hall–Kier alpha value is -2.11. The highest BCUT2D eigenvalue weighted by atomic mass is 35.5. The zero-order chi connectivity index (χ0) is 22.0. The Labute approximate surface area is 188 Å². The highest BCUT2D eigenvalue weighted by Gasteiger charge is 2.40. The van der Waals surface area contributed by atoms with Gasteiger partial charge in [-0.2, -0.15) is 0 Å². The van der Waals surface area contributed by atoms with E-state index in [-0.39, 0.29) is 29.8 Å². The summed E-state index contributed by atoms with van der Waals surface area (Å²) in [5, 5.41) is 14.2. The van der Waals surface area contributed by atoms with Gasteiger partial charge in [-0.1, -0.05) is 36.4 Å². The van der Waals surface area contributed by atoms with Gasteiger partial charge in [-0.15, -0.1) is 0 Å². The highest BCUT2D eigenvalue weighted by Crippen LogP contribution is 2.37. The lowest BCUT2D eigenvalue weighted by Crippen LogP contribution is -2.58. The number of carbonyl (C=O) groups is 1. The molecular weight excluding hydrogens is 414 g/mol. The normalized spacial score (nSPS) is 31.4. The van der Waals surface area contributed by atoms with Gasteiger partial charge in [-0.3, -0.25) is 9.69 Å². The van der Waals surface area contributed by atoms with Gasteiger partial charge in [0.25, 0.3) is 0 Å². The molecule has 3 unspecified atom stereocenters. The largest absolute Gasteiger partial charge is 0.387 e. The minimum absolute atomic E-state index is 0.0283.